The van der Waals surface area contributed by atoms with E-state index in [1.165, 1.54) is 0 Å². The molecule has 4 rings (SSSR count). The number of hydrogen-bond acceptors (Lipinski definition) is 3. The normalized spacial score (nSPS) is 59.6. The first kappa shape index (κ1) is 7.33. The van der Waals surface area contributed by atoms with E-state index in [2.05, 4.69) is 6.92 Å². The third-order valence-electron chi connectivity index (χ3n) is 4.00. The van der Waals surface area contributed by atoms with E-state index < -0.39 is 10.1 Å². The van der Waals surface area contributed by atoms with E-state index in [4.69, 9.17) is 4.18 Å². The molecule has 12 heavy (non-hydrogen) atoms. The maximum absolute atomic E-state index is 11.3. The lowest BCUT2D eigenvalue weighted by Gasteiger charge is -2.41. The van der Waals surface area contributed by atoms with Gasteiger partial charge in [-0.3, -0.25) is 4.18 Å². The Hall–Kier alpha value is -0.0900. The van der Waals surface area contributed by atoms with E-state index in [0.29, 0.717) is 17.3 Å². The minimum atomic E-state index is -3.17. The average Bonchev–Trinajstić information content (AvgIpc) is 2.62. The Bertz CT molecular complexity index is 324. The van der Waals surface area contributed by atoms with Crippen LogP contribution < -0.4 is 0 Å². The summed E-state index contributed by atoms with van der Waals surface area (Å²) in [4.78, 5) is 0. The Morgan fingerprint density at radius 3 is 2.83 bits per heavy atom. The lowest BCUT2D eigenvalue weighted by Crippen LogP contribution is -2.42. The molecule has 0 amide bonds. The van der Waals surface area contributed by atoms with Gasteiger partial charge in [0.25, 0.3) is 10.1 Å². The zero-order chi connectivity index (χ0) is 8.56. The summed E-state index contributed by atoms with van der Waals surface area (Å²) in [5.41, 5.74) is 0.383. The van der Waals surface area contributed by atoms with Gasteiger partial charge < -0.3 is 0 Å². The van der Waals surface area contributed by atoms with E-state index in [9.17, 15) is 8.42 Å². The summed E-state index contributed by atoms with van der Waals surface area (Å²) in [5, 5.41) is 0. The smallest absolute Gasteiger partial charge is 0.266 e. The van der Waals surface area contributed by atoms with Crippen LogP contribution in [0.1, 0.15) is 19.8 Å². The van der Waals surface area contributed by atoms with Crippen molar-refractivity contribution in [2.24, 2.45) is 17.3 Å². The van der Waals surface area contributed by atoms with Crippen molar-refractivity contribution >= 4 is 10.1 Å². The molecule has 0 aromatic carbocycles. The van der Waals surface area contributed by atoms with E-state index in [0.717, 1.165) is 12.8 Å². The molecule has 4 unspecified atom stereocenters. The first-order chi connectivity index (χ1) is 5.54. The summed E-state index contributed by atoms with van der Waals surface area (Å²) in [6, 6.07) is 0. The Labute approximate surface area is 72.2 Å². The van der Waals surface area contributed by atoms with Crippen LogP contribution in [0, 0.1) is 17.3 Å². The predicted octanol–water partition coefficient (Wildman–Crippen LogP) is 0.761. The molecule has 0 radical (unpaired) electrons. The molecule has 2 saturated heterocycles. The maximum Gasteiger partial charge on any atom is 0.267 e. The van der Waals surface area contributed by atoms with Crippen molar-refractivity contribution < 1.29 is 12.6 Å². The third kappa shape index (κ3) is 0.684. The molecule has 2 bridgehead atoms. The van der Waals surface area contributed by atoms with E-state index in [-0.39, 0.29) is 11.9 Å². The summed E-state index contributed by atoms with van der Waals surface area (Å²) < 4.78 is 27.6. The minimum absolute atomic E-state index is 0.00231. The highest BCUT2D eigenvalue weighted by molar-refractivity contribution is 7.86. The minimum Gasteiger partial charge on any atom is -0.266 e. The second-order valence-corrected chi connectivity index (χ2v) is 6.13. The topological polar surface area (TPSA) is 43.4 Å². The van der Waals surface area contributed by atoms with Crippen LogP contribution in [0.25, 0.3) is 0 Å². The highest BCUT2D eigenvalue weighted by atomic mass is 32.2. The lowest BCUT2D eigenvalue weighted by atomic mass is 9.67. The zero-order valence-electron chi connectivity index (χ0n) is 6.99. The van der Waals surface area contributed by atoms with Gasteiger partial charge in [-0.05, 0) is 30.1 Å². The highest BCUT2D eigenvalue weighted by Gasteiger charge is 2.70. The van der Waals surface area contributed by atoms with Crippen LogP contribution in [0.5, 0.6) is 0 Å². The number of rotatable bonds is 0. The molecule has 0 N–H and O–H groups in total. The van der Waals surface area contributed by atoms with E-state index in [1.54, 1.807) is 0 Å². The van der Waals surface area contributed by atoms with Gasteiger partial charge in [0.1, 0.15) is 0 Å². The van der Waals surface area contributed by atoms with Gasteiger partial charge in [-0.2, -0.15) is 8.42 Å². The van der Waals surface area contributed by atoms with Crippen LogP contribution >= 0.6 is 0 Å². The highest BCUT2D eigenvalue weighted by Crippen LogP contribution is 2.71. The van der Waals surface area contributed by atoms with E-state index >= 15 is 0 Å². The maximum atomic E-state index is 11.3. The molecule has 0 aromatic heterocycles. The van der Waals surface area contributed by atoms with Crippen molar-refractivity contribution in [2.45, 2.75) is 25.9 Å². The Balaban J connectivity index is 2.01. The molecule has 3 nitrogen and oxygen atoms in total. The SMILES string of the molecule is CC1C2CC13CC3CS(=O)(=O)O2. The second kappa shape index (κ2) is 1.73. The van der Waals surface area contributed by atoms with Crippen molar-refractivity contribution in [1.29, 1.82) is 0 Å². The molecule has 68 valence electrons. The van der Waals surface area contributed by atoms with Crippen LogP contribution in [-0.2, 0) is 14.3 Å². The molecule has 2 saturated carbocycles. The predicted molar refractivity (Wildman–Crippen MR) is 43.0 cm³/mol. The van der Waals surface area contributed by atoms with Gasteiger partial charge in [0.05, 0.1) is 11.9 Å². The molecular weight excluding hydrogens is 176 g/mol. The quantitative estimate of drug-likeness (QED) is 0.527. The molecule has 4 atom stereocenters. The van der Waals surface area contributed by atoms with Crippen molar-refractivity contribution in [3.05, 3.63) is 0 Å². The molecule has 1 spiro atoms. The van der Waals surface area contributed by atoms with Crippen LogP contribution in [0.2, 0.25) is 0 Å². The molecule has 2 aliphatic heterocycles. The number of hydrogen-bond donors (Lipinski definition) is 0. The third-order valence-corrected chi connectivity index (χ3v) is 5.35. The van der Waals surface area contributed by atoms with Crippen LogP contribution in [0.3, 0.4) is 0 Å². The van der Waals surface area contributed by atoms with Crippen LogP contribution in [0.15, 0.2) is 0 Å². The zero-order valence-corrected chi connectivity index (χ0v) is 7.80. The van der Waals surface area contributed by atoms with Crippen molar-refractivity contribution in [1.82, 2.24) is 0 Å². The first-order valence-electron chi connectivity index (χ1n) is 4.44. The van der Waals surface area contributed by atoms with Crippen molar-refractivity contribution in [3.63, 3.8) is 0 Å². The fraction of sp³-hybridized carbons (Fsp3) is 1.00. The van der Waals surface area contributed by atoms with Gasteiger partial charge in [0.2, 0.25) is 0 Å². The molecular formula is C8H12O3S. The standard InChI is InChI=1S/C8H12O3S/c1-5-7-3-8(5)2-6(8)4-12(9,10)11-7/h5-7H,2-4H2,1H3. The van der Waals surface area contributed by atoms with Crippen LogP contribution in [0.4, 0.5) is 0 Å². The number of fused-ring (bicyclic) bond motifs is 2. The summed E-state index contributed by atoms with van der Waals surface area (Å²) in [5.74, 6) is 1.16. The Morgan fingerprint density at radius 1 is 1.42 bits per heavy atom. The van der Waals surface area contributed by atoms with Gasteiger partial charge in [-0.15, -0.1) is 0 Å². The molecule has 4 heteroatoms. The largest absolute Gasteiger partial charge is 0.267 e. The summed E-state index contributed by atoms with van der Waals surface area (Å²) in [6.45, 7) is 2.12. The van der Waals surface area contributed by atoms with Gasteiger partial charge >= 0.3 is 0 Å². The Kier molecular flexibility index (Phi) is 1.05. The summed E-state index contributed by atoms with van der Waals surface area (Å²) >= 11 is 0. The molecule has 2 aliphatic carbocycles. The first-order valence-corrected chi connectivity index (χ1v) is 6.02. The van der Waals surface area contributed by atoms with Gasteiger partial charge in [0, 0.05) is 0 Å². The van der Waals surface area contributed by atoms with Crippen LogP contribution in [-0.4, -0.2) is 20.3 Å². The van der Waals surface area contributed by atoms with Gasteiger partial charge in [0.15, 0.2) is 0 Å². The fourth-order valence-corrected chi connectivity index (χ4v) is 4.60. The average molecular weight is 188 g/mol. The molecule has 4 aliphatic rings. The van der Waals surface area contributed by atoms with Crippen molar-refractivity contribution in [3.8, 4) is 0 Å². The summed E-state index contributed by atoms with van der Waals surface area (Å²) in [7, 11) is -3.17. The van der Waals surface area contributed by atoms with Crippen molar-refractivity contribution in [2.75, 3.05) is 5.75 Å². The second-order valence-electron chi connectivity index (χ2n) is 4.49. The molecule has 2 heterocycles. The monoisotopic (exact) mass is 188 g/mol. The van der Waals surface area contributed by atoms with Gasteiger partial charge in [-0.25, -0.2) is 0 Å². The fourth-order valence-electron chi connectivity index (χ4n) is 2.97. The molecule has 0 aromatic rings. The summed E-state index contributed by atoms with van der Waals surface area (Å²) in [6.07, 6.45) is 2.10. The van der Waals surface area contributed by atoms with E-state index in [1.807, 2.05) is 0 Å². The van der Waals surface area contributed by atoms with Gasteiger partial charge in [-0.1, -0.05) is 6.92 Å². The Morgan fingerprint density at radius 2 is 2.17 bits per heavy atom. The molecule has 4 fully saturated rings. The lowest BCUT2D eigenvalue weighted by molar-refractivity contribution is -0.0139.